The van der Waals surface area contributed by atoms with E-state index in [1.165, 1.54) is 16.7 Å². The molecular weight excluding hydrogens is 360 g/mol. The molecule has 5 nitrogen and oxygen atoms in total. The lowest BCUT2D eigenvalue weighted by Crippen LogP contribution is -2.68. The molecule has 2 aliphatic rings. The molecule has 2 fully saturated rings. The number of piperazine rings is 1. The van der Waals surface area contributed by atoms with Crippen LogP contribution >= 0.6 is 0 Å². The Morgan fingerprint density at radius 2 is 1.66 bits per heavy atom. The van der Waals surface area contributed by atoms with Crippen molar-refractivity contribution < 1.29 is 4.79 Å². The predicted molar refractivity (Wildman–Crippen MR) is 116 cm³/mol. The van der Waals surface area contributed by atoms with Gasteiger partial charge in [-0.05, 0) is 37.0 Å². The van der Waals surface area contributed by atoms with Crippen LogP contribution < -0.4 is 10.6 Å². The van der Waals surface area contributed by atoms with Crippen LogP contribution in [-0.4, -0.2) is 54.2 Å². The van der Waals surface area contributed by atoms with Crippen molar-refractivity contribution in [2.75, 3.05) is 26.2 Å². The first-order chi connectivity index (χ1) is 14.1. The second-order valence-corrected chi connectivity index (χ2v) is 8.40. The molecule has 0 aromatic heterocycles. The molecule has 3 atom stereocenters. The highest BCUT2D eigenvalue weighted by atomic mass is 16.2. The molecule has 2 saturated heterocycles. The SMILES string of the molecule is Cc1ccccc1CC1C(=O)NC(N2CCN(Cc3ccccc3)CC2)NC1C. The van der Waals surface area contributed by atoms with Crippen molar-refractivity contribution in [2.45, 2.75) is 39.1 Å². The zero-order valence-corrected chi connectivity index (χ0v) is 17.5. The minimum atomic E-state index is -0.0653. The van der Waals surface area contributed by atoms with E-state index >= 15 is 0 Å². The highest BCUT2D eigenvalue weighted by Gasteiger charge is 2.36. The van der Waals surface area contributed by atoms with Crippen LogP contribution in [0.3, 0.4) is 0 Å². The Kier molecular flexibility index (Phi) is 6.28. The summed E-state index contributed by atoms with van der Waals surface area (Å²) in [6, 6.07) is 19.1. The van der Waals surface area contributed by atoms with Gasteiger partial charge in [0.15, 0.2) is 0 Å². The molecule has 0 saturated carbocycles. The van der Waals surface area contributed by atoms with Gasteiger partial charge in [0.1, 0.15) is 6.29 Å². The van der Waals surface area contributed by atoms with Crippen LogP contribution in [0.2, 0.25) is 0 Å². The summed E-state index contributed by atoms with van der Waals surface area (Å²) in [7, 11) is 0. The highest BCUT2D eigenvalue weighted by molar-refractivity contribution is 5.80. The number of rotatable bonds is 5. The lowest BCUT2D eigenvalue weighted by Gasteiger charge is -2.44. The maximum atomic E-state index is 12.9. The Labute approximate surface area is 174 Å². The summed E-state index contributed by atoms with van der Waals surface area (Å²) in [6.07, 6.45) is 0.717. The van der Waals surface area contributed by atoms with Gasteiger partial charge in [0, 0.05) is 38.8 Å². The maximum absolute atomic E-state index is 12.9. The van der Waals surface area contributed by atoms with E-state index in [0.29, 0.717) is 0 Å². The molecule has 0 spiro atoms. The Hall–Kier alpha value is -2.21. The molecule has 2 aliphatic heterocycles. The molecule has 5 heteroatoms. The number of benzene rings is 2. The summed E-state index contributed by atoms with van der Waals surface area (Å²) in [4.78, 5) is 17.7. The van der Waals surface area contributed by atoms with E-state index in [1.807, 2.05) is 0 Å². The monoisotopic (exact) mass is 392 g/mol. The first kappa shape index (κ1) is 20.1. The number of hydrogen-bond acceptors (Lipinski definition) is 4. The number of carbonyl (C=O) groups excluding carboxylic acids is 1. The average molecular weight is 393 g/mol. The molecule has 0 radical (unpaired) electrons. The van der Waals surface area contributed by atoms with E-state index in [4.69, 9.17) is 0 Å². The average Bonchev–Trinajstić information content (AvgIpc) is 2.73. The molecule has 2 N–H and O–H groups in total. The summed E-state index contributed by atoms with van der Waals surface area (Å²) < 4.78 is 0. The van der Waals surface area contributed by atoms with Crippen molar-refractivity contribution >= 4 is 5.91 Å². The van der Waals surface area contributed by atoms with Crippen LogP contribution in [0, 0.1) is 12.8 Å². The molecule has 2 aromatic rings. The summed E-state index contributed by atoms with van der Waals surface area (Å²) >= 11 is 0. The van der Waals surface area contributed by atoms with Gasteiger partial charge in [0.2, 0.25) is 5.91 Å². The van der Waals surface area contributed by atoms with Crippen LogP contribution in [-0.2, 0) is 17.8 Å². The zero-order chi connectivity index (χ0) is 20.2. The van der Waals surface area contributed by atoms with Crippen molar-refractivity contribution in [3.05, 3.63) is 71.3 Å². The molecule has 2 heterocycles. The van der Waals surface area contributed by atoms with Crippen LogP contribution in [0.1, 0.15) is 23.6 Å². The number of nitrogens with one attached hydrogen (secondary N) is 2. The van der Waals surface area contributed by atoms with Crippen molar-refractivity contribution in [3.63, 3.8) is 0 Å². The topological polar surface area (TPSA) is 47.6 Å². The van der Waals surface area contributed by atoms with Gasteiger partial charge < -0.3 is 5.32 Å². The second-order valence-electron chi connectivity index (χ2n) is 8.40. The van der Waals surface area contributed by atoms with Gasteiger partial charge in [-0.3, -0.25) is 19.9 Å². The molecule has 3 unspecified atom stereocenters. The maximum Gasteiger partial charge on any atom is 0.227 e. The van der Waals surface area contributed by atoms with Crippen molar-refractivity contribution in [1.82, 2.24) is 20.4 Å². The number of carbonyl (C=O) groups is 1. The van der Waals surface area contributed by atoms with Gasteiger partial charge in [-0.1, -0.05) is 54.6 Å². The van der Waals surface area contributed by atoms with Crippen LogP contribution in [0.4, 0.5) is 0 Å². The van der Waals surface area contributed by atoms with Crippen molar-refractivity contribution in [2.24, 2.45) is 5.92 Å². The minimum Gasteiger partial charge on any atom is -0.328 e. The first-order valence-corrected chi connectivity index (χ1v) is 10.7. The Bertz CT molecular complexity index is 817. The molecule has 0 bridgehead atoms. The van der Waals surface area contributed by atoms with E-state index in [2.05, 4.69) is 88.9 Å². The highest BCUT2D eigenvalue weighted by Crippen LogP contribution is 2.20. The molecule has 0 aliphatic carbocycles. The molecule has 154 valence electrons. The van der Waals surface area contributed by atoms with Gasteiger partial charge >= 0.3 is 0 Å². The number of hydrogen-bond donors (Lipinski definition) is 2. The number of aryl methyl sites for hydroxylation is 1. The number of amides is 1. The van der Waals surface area contributed by atoms with E-state index in [-0.39, 0.29) is 24.2 Å². The molecule has 29 heavy (non-hydrogen) atoms. The quantitative estimate of drug-likeness (QED) is 0.820. The predicted octanol–water partition coefficient (Wildman–Crippen LogP) is 2.36. The fraction of sp³-hybridized carbons (Fsp3) is 0.458. The van der Waals surface area contributed by atoms with E-state index in [9.17, 15) is 4.79 Å². The molecule has 2 aromatic carbocycles. The zero-order valence-electron chi connectivity index (χ0n) is 17.5. The Morgan fingerprint density at radius 1 is 0.966 bits per heavy atom. The summed E-state index contributed by atoms with van der Waals surface area (Å²) in [5, 5.41) is 6.87. The normalized spacial score (nSPS) is 26.3. The third-order valence-corrected chi connectivity index (χ3v) is 6.36. The standard InChI is InChI=1S/C24H32N4O/c1-18-8-6-7-11-21(18)16-22-19(2)25-24(26-23(22)29)28-14-12-27(13-15-28)17-20-9-4-3-5-10-20/h3-11,19,22,24-25H,12-17H2,1-2H3,(H,26,29). The summed E-state index contributed by atoms with van der Waals surface area (Å²) in [5.74, 6) is 0.128. The van der Waals surface area contributed by atoms with Crippen LogP contribution in [0.25, 0.3) is 0 Å². The summed E-state index contributed by atoms with van der Waals surface area (Å²) in [6.45, 7) is 9.20. The lowest BCUT2D eigenvalue weighted by atomic mass is 9.89. The van der Waals surface area contributed by atoms with E-state index < -0.39 is 0 Å². The molecule has 4 rings (SSSR count). The van der Waals surface area contributed by atoms with Gasteiger partial charge in [-0.15, -0.1) is 0 Å². The Morgan fingerprint density at radius 3 is 2.34 bits per heavy atom. The second kappa shape index (κ2) is 9.08. The lowest BCUT2D eigenvalue weighted by molar-refractivity contribution is -0.132. The van der Waals surface area contributed by atoms with Crippen molar-refractivity contribution in [3.8, 4) is 0 Å². The van der Waals surface area contributed by atoms with Gasteiger partial charge in [-0.2, -0.15) is 0 Å². The van der Waals surface area contributed by atoms with Gasteiger partial charge in [-0.25, -0.2) is 0 Å². The smallest absolute Gasteiger partial charge is 0.227 e. The largest absolute Gasteiger partial charge is 0.328 e. The van der Waals surface area contributed by atoms with E-state index in [1.54, 1.807) is 0 Å². The van der Waals surface area contributed by atoms with Crippen molar-refractivity contribution in [1.29, 1.82) is 0 Å². The van der Waals surface area contributed by atoms with Gasteiger partial charge in [0.05, 0.1) is 5.92 Å². The van der Waals surface area contributed by atoms with E-state index in [0.717, 1.165) is 39.1 Å². The van der Waals surface area contributed by atoms with Gasteiger partial charge in [0.25, 0.3) is 0 Å². The summed E-state index contributed by atoms with van der Waals surface area (Å²) in [5.41, 5.74) is 3.87. The van der Waals surface area contributed by atoms with Crippen LogP contribution in [0.15, 0.2) is 54.6 Å². The fourth-order valence-corrected chi connectivity index (χ4v) is 4.44. The third-order valence-electron chi connectivity index (χ3n) is 6.36. The third kappa shape index (κ3) is 4.86. The van der Waals surface area contributed by atoms with Crippen LogP contribution in [0.5, 0.6) is 0 Å². The Balaban J connectivity index is 1.30. The number of nitrogens with zero attached hydrogens (tertiary/aromatic N) is 2. The minimum absolute atomic E-state index is 0.0354. The molecule has 1 amide bonds. The molecular formula is C24H32N4O. The fourth-order valence-electron chi connectivity index (χ4n) is 4.44. The first-order valence-electron chi connectivity index (χ1n) is 10.7.